The van der Waals surface area contributed by atoms with Crippen LogP contribution in [0.25, 0.3) is 0 Å². The number of phenolic OH excluding ortho intramolecular Hbond substituents is 1. The van der Waals surface area contributed by atoms with Gasteiger partial charge in [0.1, 0.15) is 42.6 Å². The van der Waals surface area contributed by atoms with E-state index in [2.05, 4.69) is 5.32 Å². The fourth-order valence-electron chi connectivity index (χ4n) is 2.05. The highest BCUT2D eigenvalue weighted by molar-refractivity contribution is 5.70. The minimum absolute atomic E-state index is 0.0220. The zero-order valence-corrected chi connectivity index (χ0v) is 12.5. The molecule has 1 heterocycles. The first-order valence-corrected chi connectivity index (χ1v) is 7.09. The molecule has 0 saturated carbocycles. The summed E-state index contributed by atoms with van der Waals surface area (Å²) in [6.45, 7) is -0.999. The predicted molar refractivity (Wildman–Crippen MR) is 77.0 cm³/mol. The van der Waals surface area contributed by atoms with Crippen LogP contribution in [0.3, 0.4) is 0 Å². The van der Waals surface area contributed by atoms with Gasteiger partial charge in [0.15, 0.2) is 6.29 Å². The Bertz CT molecular complexity index is 536. The third-order valence-corrected chi connectivity index (χ3v) is 3.36. The maximum absolute atomic E-state index is 11.5. The maximum Gasteiger partial charge on any atom is 0.414 e. The van der Waals surface area contributed by atoms with Gasteiger partial charge < -0.3 is 39.7 Å². The van der Waals surface area contributed by atoms with Crippen molar-refractivity contribution in [1.82, 2.24) is 5.32 Å². The van der Waals surface area contributed by atoms with Gasteiger partial charge in [-0.1, -0.05) is 0 Å². The summed E-state index contributed by atoms with van der Waals surface area (Å²) in [5.41, 5.74) is 0. The molecule has 0 radical (unpaired) electrons. The van der Waals surface area contributed by atoms with E-state index in [1.165, 1.54) is 24.3 Å². The number of rotatable bonds is 5. The highest BCUT2D eigenvalue weighted by atomic mass is 16.7. The normalized spacial score (nSPS) is 29.9. The van der Waals surface area contributed by atoms with Gasteiger partial charge >= 0.3 is 6.09 Å². The molecule has 0 spiro atoms. The van der Waals surface area contributed by atoms with Crippen molar-refractivity contribution in [1.29, 1.82) is 0 Å². The van der Waals surface area contributed by atoms with E-state index < -0.39 is 50.1 Å². The van der Waals surface area contributed by atoms with Gasteiger partial charge in [-0.15, -0.1) is 0 Å². The van der Waals surface area contributed by atoms with E-state index in [9.17, 15) is 20.1 Å². The van der Waals surface area contributed by atoms with E-state index in [1.807, 2.05) is 0 Å². The summed E-state index contributed by atoms with van der Waals surface area (Å²) >= 11 is 0. The van der Waals surface area contributed by atoms with E-state index in [0.717, 1.165) is 0 Å². The fraction of sp³-hybridized carbons (Fsp3) is 0.500. The number of hydrogen-bond donors (Lipinski definition) is 6. The molecule has 1 fully saturated rings. The van der Waals surface area contributed by atoms with Crippen molar-refractivity contribution in [3.8, 4) is 11.5 Å². The SMILES string of the molecule is O=C(NCO[C@H]1O[C@H](CO)[C@@H](O)[C@H](O)[C@H]1O)Oc1ccc(O)cc1. The third kappa shape index (κ3) is 4.54. The number of hydrogen-bond acceptors (Lipinski definition) is 9. The molecule has 0 aromatic heterocycles. The van der Waals surface area contributed by atoms with Crippen LogP contribution in [0, 0.1) is 0 Å². The van der Waals surface area contributed by atoms with E-state index in [0.29, 0.717) is 0 Å². The topological polar surface area (TPSA) is 158 Å². The number of ether oxygens (including phenoxy) is 3. The lowest BCUT2D eigenvalue weighted by atomic mass is 9.99. The van der Waals surface area contributed by atoms with Crippen molar-refractivity contribution in [2.75, 3.05) is 13.3 Å². The van der Waals surface area contributed by atoms with Crippen LogP contribution in [-0.2, 0) is 9.47 Å². The Morgan fingerprint density at radius 1 is 1.12 bits per heavy atom. The van der Waals surface area contributed by atoms with Crippen molar-refractivity contribution < 1.29 is 44.5 Å². The lowest BCUT2D eigenvalue weighted by Gasteiger charge is -2.39. The summed E-state index contributed by atoms with van der Waals surface area (Å²) in [6, 6.07) is 5.45. The molecule has 0 unspecified atom stereocenters. The van der Waals surface area contributed by atoms with E-state index in [1.54, 1.807) is 0 Å². The highest BCUT2D eigenvalue weighted by Gasteiger charge is 2.44. The molecular weight excluding hydrogens is 326 g/mol. The first-order chi connectivity index (χ1) is 11.4. The molecule has 10 heteroatoms. The van der Waals surface area contributed by atoms with Crippen molar-refractivity contribution in [2.24, 2.45) is 0 Å². The molecular formula is C14H19NO9. The van der Waals surface area contributed by atoms with Crippen LogP contribution < -0.4 is 10.1 Å². The lowest BCUT2D eigenvalue weighted by molar-refractivity contribution is -0.301. The molecule has 0 bridgehead atoms. The van der Waals surface area contributed by atoms with Crippen LogP contribution in [0.15, 0.2) is 24.3 Å². The van der Waals surface area contributed by atoms with Gasteiger partial charge in [-0.05, 0) is 24.3 Å². The lowest BCUT2D eigenvalue weighted by Crippen LogP contribution is -2.59. The van der Waals surface area contributed by atoms with Crippen LogP contribution in [0.2, 0.25) is 0 Å². The van der Waals surface area contributed by atoms with Crippen LogP contribution in [0.4, 0.5) is 4.79 Å². The Kier molecular flexibility index (Phi) is 6.31. The first-order valence-electron chi connectivity index (χ1n) is 7.09. The van der Waals surface area contributed by atoms with Gasteiger partial charge in [0.25, 0.3) is 0 Å². The Labute approximate surface area is 136 Å². The molecule has 1 aromatic carbocycles. The Morgan fingerprint density at radius 2 is 1.79 bits per heavy atom. The molecule has 2 rings (SSSR count). The van der Waals surface area contributed by atoms with Crippen LogP contribution in [0.5, 0.6) is 11.5 Å². The quantitative estimate of drug-likeness (QED) is 0.340. The van der Waals surface area contributed by atoms with E-state index in [4.69, 9.17) is 24.4 Å². The Balaban J connectivity index is 1.78. The summed E-state index contributed by atoms with van der Waals surface area (Å²) in [4.78, 5) is 11.5. The average Bonchev–Trinajstić information content (AvgIpc) is 2.57. The number of aliphatic hydroxyl groups is 4. The van der Waals surface area contributed by atoms with Crippen LogP contribution in [-0.4, -0.2) is 75.7 Å². The summed E-state index contributed by atoms with van der Waals surface area (Å²) in [6.07, 6.45) is -7.92. The summed E-state index contributed by atoms with van der Waals surface area (Å²) in [5.74, 6) is 0.215. The summed E-state index contributed by atoms with van der Waals surface area (Å²) in [5, 5.41) is 49.3. The molecule has 1 aliphatic rings. The molecule has 1 aromatic rings. The van der Waals surface area contributed by atoms with Crippen molar-refractivity contribution >= 4 is 6.09 Å². The molecule has 6 N–H and O–H groups in total. The highest BCUT2D eigenvalue weighted by Crippen LogP contribution is 2.21. The largest absolute Gasteiger partial charge is 0.508 e. The second-order valence-electron chi connectivity index (χ2n) is 5.07. The molecule has 134 valence electrons. The summed E-state index contributed by atoms with van der Waals surface area (Å²) in [7, 11) is 0. The van der Waals surface area contributed by atoms with Gasteiger partial charge in [0.05, 0.1) is 6.61 Å². The van der Waals surface area contributed by atoms with Crippen LogP contribution >= 0.6 is 0 Å². The van der Waals surface area contributed by atoms with Crippen LogP contribution in [0.1, 0.15) is 0 Å². The van der Waals surface area contributed by atoms with E-state index >= 15 is 0 Å². The molecule has 24 heavy (non-hydrogen) atoms. The summed E-state index contributed by atoms with van der Waals surface area (Å²) < 4.78 is 15.1. The van der Waals surface area contributed by atoms with Gasteiger partial charge in [-0.3, -0.25) is 5.32 Å². The molecule has 1 saturated heterocycles. The van der Waals surface area contributed by atoms with Gasteiger partial charge in [-0.2, -0.15) is 0 Å². The second-order valence-corrected chi connectivity index (χ2v) is 5.07. The number of nitrogens with one attached hydrogen (secondary N) is 1. The molecule has 0 aliphatic carbocycles. The molecule has 1 amide bonds. The third-order valence-electron chi connectivity index (χ3n) is 3.36. The standard InChI is InChI=1S/C14H19NO9/c16-5-9-10(18)11(19)12(20)13(24-9)22-6-15-14(21)23-8-3-1-7(17)2-4-8/h1-4,9-13,16-20H,5-6H2,(H,15,21)/t9-,10-,11+,12-,13+/m1/s1. The predicted octanol–water partition coefficient (Wildman–Crippen LogP) is -1.75. The number of aromatic hydroxyl groups is 1. The monoisotopic (exact) mass is 345 g/mol. The van der Waals surface area contributed by atoms with E-state index in [-0.39, 0.29) is 11.5 Å². The number of carbonyl (C=O) groups excluding carboxylic acids is 1. The fourth-order valence-corrected chi connectivity index (χ4v) is 2.05. The van der Waals surface area contributed by atoms with Crippen molar-refractivity contribution in [2.45, 2.75) is 30.7 Å². The van der Waals surface area contributed by atoms with Gasteiger partial charge in [-0.25, -0.2) is 4.79 Å². The van der Waals surface area contributed by atoms with Gasteiger partial charge in [0.2, 0.25) is 0 Å². The minimum Gasteiger partial charge on any atom is -0.508 e. The number of amides is 1. The molecule has 10 nitrogen and oxygen atoms in total. The smallest absolute Gasteiger partial charge is 0.414 e. The minimum atomic E-state index is -1.56. The average molecular weight is 345 g/mol. The Hall–Kier alpha value is -1.95. The number of phenols is 1. The molecule has 1 aliphatic heterocycles. The van der Waals surface area contributed by atoms with Crippen molar-refractivity contribution in [3.05, 3.63) is 24.3 Å². The first kappa shape index (κ1) is 18.4. The van der Waals surface area contributed by atoms with Crippen molar-refractivity contribution in [3.63, 3.8) is 0 Å². The molecule has 5 atom stereocenters. The maximum atomic E-state index is 11.5. The number of benzene rings is 1. The zero-order chi connectivity index (χ0) is 17.7. The zero-order valence-electron chi connectivity index (χ0n) is 12.5. The Morgan fingerprint density at radius 3 is 2.42 bits per heavy atom. The number of aliphatic hydroxyl groups excluding tert-OH is 4. The van der Waals surface area contributed by atoms with Gasteiger partial charge in [0, 0.05) is 0 Å². The second kappa shape index (κ2) is 8.24. The number of carbonyl (C=O) groups is 1.